The summed E-state index contributed by atoms with van der Waals surface area (Å²) in [5.74, 6) is -3.55. The number of rotatable bonds is 4. The Bertz CT molecular complexity index is 672. The summed E-state index contributed by atoms with van der Waals surface area (Å²) in [6, 6.07) is -1.16. The lowest BCUT2D eigenvalue weighted by Crippen LogP contribution is -2.48. The molecule has 0 bridgehead atoms. The van der Waals surface area contributed by atoms with Crippen LogP contribution in [0.2, 0.25) is 0 Å². The molecule has 10 heteroatoms. The third-order valence-electron chi connectivity index (χ3n) is 3.31. The van der Waals surface area contributed by atoms with E-state index in [1.807, 2.05) is 0 Å². The van der Waals surface area contributed by atoms with Crippen LogP contribution in [0.4, 0.5) is 18.7 Å². The SMILES string of the molecule is CC(C)(C)OC(=O)Nc1ncc(C(C=O)N2CC(F)(F)CCC2=O)s1. The minimum atomic E-state index is -3.03. The molecule has 2 heterocycles. The molecule has 1 aliphatic heterocycles. The number of anilines is 1. The molecule has 0 aromatic carbocycles. The molecule has 1 N–H and O–H groups in total. The number of likely N-dealkylation sites (tertiary alicyclic amines) is 1. The number of ether oxygens (including phenoxy) is 1. The van der Waals surface area contributed by atoms with E-state index >= 15 is 0 Å². The maximum atomic E-state index is 13.6. The summed E-state index contributed by atoms with van der Waals surface area (Å²) in [6.07, 6.45) is 0.124. The molecule has 2 amide bonds. The van der Waals surface area contributed by atoms with E-state index in [0.717, 1.165) is 16.2 Å². The van der Waals surface area contributed by atoms with Gasteiger partial charge in [-0.05, 0) is 20.8 Å². The quantitative estimate of drug-likeness (QED) is 0.818. The third-order valence-corrected chi connectivity index (χ3v) is 4.30. The Morgan fingerprint density at radius 1 is 1.52 bits per heavy atom. The number of hydrogen-bond acceptors (Lipinski definition) is 6. The van der Waals surface area contributed by atoms with Crippen LogP contribution in [0, 0.1) is 0 Å². The van der Waals surface area contributed by atoms with Crippen molar-refractivity contribution in [3.05, 3.63) is 11.1 Å². The van der Waals surface area contributed by atoms with Crippen LogP contribution in [0.5, 0.6) is 0 Å². The number of alkyl halides is 2. The van der Waals surface area contributed by atoms with Crippen LogP contribution in [-0.2, 0) is 14.3 Å². The lowest BCUT2D eigenvalue weighted by atomic mass is 10.0. The Morgan fingerprint density at radius 3 is 2.80 bits per heavy atom. The van der Waals surface area contributed by atoms with Crippen molar-refractivity contribution in [3.63, 3.8) is 0 Å². The number of nitrogens with one attached hydrogen (secondary N) is 1. The second-order valence-corrected chi connectivity index (χ2v) is 7.72. The van der Waals surface area contributed by atoms with Gasteiger partial charge < -0.3 is 14.4 Å². The Balaban J connectivity index is 2.12. The van der Waals surface area contributed by atoms with Crippen molar-refractivity contribution in [3.8, 4) is 0 Å². The first-order valence-corrected chi connectivity index (χ1v) is 8.41. The molecule has 0 aliphatic carbocycles. The Kier molecular flexibility index (Phi) is 5.40. The highest BCUT2D eigenvalue weighted by molar-refractivity contribution is 7.15. The van der Waals surface area contributed by atoms with Gasteiger partial charge in [-0.2, -0.15) is 0 Å². The zero-order valence-corrected chi connectivity index (χ0v) is 14.9. The Labute approximate surface area is 147 Å². The van der Waals surface area contributed by atoms with Gasteiger partial charge >= 0.3 is 6.09 Å². The first kappa shape index (κ1) is 19.2. The van der Waals surface area contributed by atoms with Crippen molar-refractivity contribution < 1.29 is 27.9 Å². The van der Waals surface area contributed by atoms with Crippen LogP contribution in [0.25, 0.3) is 0 Å². The fraction of sp³-hybridized carbons (Fsp3) is 0.600. The molecule has 0 saturated carbocycles. The standard InChI is InChI=1S/C15H19F2N3O4S/c1-14(2,3)24-13(23)19-12-18-6-10(25-12)9(7-21)20-8-15(16,17)5-4-11(20)22/h6-7,9H,4-5,8H2,1-3H3,(H,18,19,23). The molecule has 138 valence electrons. The molecular formula is C15H19F2N3O4S. The normalized spacial score (nSPS) is 18.6. The van der Waals surface area contributed by atoms with E-state index in [-0.39, 0.29) is 16.4 Å². The average molecular weight is 375 g/mol. The minimum absolute atomic E-state index is 0.146. The van der Waals surface area contributed by atoms with Crippen molar-refractivity contribution in [1.82, 2.24) is 9.88 Å². The predicted molar refractivity (Wildman–Crippen MR) is 86.7 cm³/mol. The molecule has 2 rings (SSSR count). The van der Waals surface area contributed by atoms with E-state index in [0.29, 0.717) is 6.29 Å². The number of thiazole rings is 1. The second-order valence-electron chi connectivity index (χ2n) is 6.65. The zero-order chi connectivity index (χ0) is 18.8. The van der Waals surface area contributed by atoms with Gasteiger partial charge in [0.15, 0.2) is 5.13 Å². The fourth-order valence-electron chi connectivity index (χ4n) is 2.27. The molecular weight excluding hydrogens is 356 g/mol. The van der Waals surface area contributed by atoms with Gasteiger partial charge in [0.2, 0.25) is 5.91 Å². The maximum Gasteiger partial charge on any atom is 0.413 e. The van der Waals surface area contributed by atoms with Crippen LogP contribution < -0.4 is 5.32 Å². The van der Waals surface area contributed by atoms with Crippen molar-refractivity contribution in [2.24, 2.45) is 0 Å². The number of halogens is 2. The molecule has 1 atom stereocenters. The van der Waals surface area contributed by atoms with E-state index in [2.05, 4.69) is 10.3 Å². The van der Waals surface area contributed by atoms with Crippen LogP contribution in [0.15, 0.2) is 6.20 Å². The summed E-state index contributed by atoms with van der Waals surface area (Å²) in [6.45, 7) is 4.28. The van der Waals surface area contributed by atoms with Crippen LogP contribution in [0.1, 0.15) is 44.5 Å². The summed E-state index contributed by atoms with van der Waals surface area (Å²) in [5.41, 5.74) is -0.693. The van der Waals surface area contributed by atoms with Crippen LogP contribution in [0.3, 0.4) is 0 Å². The van der Waals surface area contributed by atoms with Crippen molar-refractivity contribution in [2.75, 3.05) is 11.9 Å². The van der Waals surface area contributed by atoms with E-state index < -0.39 is 42.5 Å². The molecule has 1 aromatic rings. The summed E-state index contributed by atoms with van der Waals surface area (Å²) in [7, 11) is 0. The summed E-state index contributed by atoms with van der Waals surface area (Å²) in [4.78, 5) is 40.1. The monoisotopic (exact) mass is 375 g/mol. The largest absolute Gasteiger partial charge is 0.444 e. The predicted octanol–water partition coefficient (Wildman–Crippen LogP) is 2.99. The minimum Gasteiger partial charge on any atom is -0.444 e. The van der Waals surface area contributed by atoms with Crippen molar-refractivity contribution in [1.29, 1.82) is 0 Å². The van der Waals surface area contributed by atoms with Crippen LogP contribution >= 0.6 is 11.3 Å². The molecule has 1 saturated heterocycles. The highest BCUT2D eigenvalue weighted by atomic mass is 32.1. The van der Waals surface area contributed by atoms with Gasteiger partial charge in [-0.1, -0.05) is 11.3 Å². The highest BCUT2D eigenvalue weighted by Crippen LogP contribution is 2.34. The Hall–Kier alpha value is -2.10. The number of amides is 2. The Morgan fingerprint density at radius 2 is 2.20 bits per heavy atom. The molecule has 0 spiro atoms. The number of piperidine rings is 1. The van der Waals surface area contributed by atoms with E-state index in [1.54, 1.807) is 20.8 Å². The van der Waals surface area contributed by atoms with Gasteiger partial charge in [-0.25, -0.2) is 18.6 Å². The molecule has 7 nitrogen and oxygen atoms in total. The smallest absolute Gasteiger partial charge is 0.413 e. The maximum absolute atomic E-state index is 13.6. The highest BCUT2D eigenvalue weighted by Gasteiger charge is 2.42. The molecule has 1 unspecified atom stereocenters. The molecule has 25 heavy (non-hydrogen) atoms. The number of aromatic nitrogens is 1. The van der Waals surface area contributed by atoms with E-state index in [1.165, 1.54) is 6.20 Å². The van der Waals surface area contributed by atoms with Crippen molar-refractivity contribution >= 4 is 34.8 Å². The zero-order valence-electron chi connectivity index (χ0n) is 14.0. The van der Waals surface area contributed by atoms with Gasteiger partial charge in [0.25, 0.3) is 5.92 Å². The molecule has 0 radical (unpaired) electrons. The average Bonchev–Trinajstić information content (AvgIpc) is 2.89. The van der Waals surface area contributed by atoms with Gasteiger partial charge in [-0.15, -0.1) is 0 Å². The van der Waals surface area contributed by atoms with E-state index in [9.17, 15) is 23.2 Å². The summed E-state index contributed by atoms with van der Waals surface area (Å²) < 4.78 is 32.2. The fourth-order valence-corrected chi connectivity index (χ4v) is 3.14. The van der Waals surface area contributed by atoms with Gasteiger partial charge in [0, 0.05) is 19.0 Å². The lowest BCUT2D eigenvalue weighted by molar-refractivity contribution is -0.152. The second kappa shape index (κ2) is 7.03. The van der Waals surface area contributed by atoms with Crippen molar-refractivity contribution in [2.45, 2.75) is 51.2 Å². The van der Waals surface area contributed by atoms with Gasteiger partial charge in [0.05, 0.1) is 11.4 Å². The number of nitrogens with zero attached hydrogens (tertiary/aromatic N) is 2. The summed E-state index contributed by atoms with van der Waals surface area (Å²) >= 11 is 0.923. The summed E-state index contributed by atoms with van der Waals surface area (Å²) in [5, 5.41) is 2.55. The number of aldehydes is 1. The lowest BCUT2D eigenvalue weighted by Gasteiger charge is -2.35. The van der Waals surface area contributed by atoms with Crippen LogP contribution in [-0.4, -0.2) is 46.2 Å². The molecule has 1 aromatic heterocycles. The number of carbonyl (C=O) groups is 3. The third kappa shape index (κ3) is 5.18. The first-order valence-electron chi connectivity index (χ1n) is 7.59. The van der Waals surface area contributed by atoms with Gasteiger partial charge in [0.1, 0.15) is 17.9 Å². The molecule has 1 fully saturated rings. The van der Waals surface area contributed by atoms with Gasteiger partial charge in [-0.3, -0.25) is 10.1 Å². The van der Waals surface area contributed by atoms with E-state index in [4.69, 9.17) is 4.74 Å². The topological polar surface area (TPSA) is 88.6 Å². The first-order chi connectivity index (χ1) is 11.5. The number of hydrogen-bond donors (Lipinski definition) is 1. The molecule has 1 aliphatic rings. The number of carbonyl (C=O) groups excluding carboxylic acids is 3.